The maximum absolute atomic E-state index is 12.3. The first-order chi connectivity index (χ1) is 13.5. The Labute approximate surface area is 169 Å². The monoisotopic (exact) mass is 400 g/mol. The van der Waals surface area contributed by atoms with Crippen molar-refractivity contribution in [1.82, 2.24) is 14.9 Å². The Morgan fingerprint density at radius 2 is 1.82 bits per heavy atom. The van der Waals surface area contributed by atoms with Crippen molar-refractivity contribution < 1.29 is 14.3 Å². The Morgan fingerprint density at radius 1 is 1.11 bits per heavy atom. The van der Waals surface area contributed by atoms with Gasteiger partial charge in [0.05, 0.1) is 5.75 Å². The van der Waals surface area contributed by atoms with Crippen LogP contribution in [0.5, 0.6) is 0 Å². The summed E-state index contributed by atoms with van der Waals surface area (Å²) in [6.07, 6.45) is 3.41. The summed E-state index contributed by atoms with van der Waals surface area (Å²) in [6, 6.07) is 7.90. The summed E-state index contributed by atoms with van der Waals surface area (Å²) in [4.78, 5) is 37.6. The van der Waals surface area contributed by atoms with Gasteiger partial charge in [0, 0.05) is 43.5 Å². The lowest BCUT2D eigenvalue weighted by molar-refractivity contribution is -0.150. The predicted octanol–water partition coefficient (Wildman–Crippen LogP) is 2.08. The fraction of sp³-hybridized carbons (Fsp3) is 0.400. The predicted molar refractivity (Wildman–Crippen MR) is 108 cm³/mol. The molecule has 1 aromatic heterocycles. The van der Waals surface area contributed by atoms with Crippen LogP contribution in [0.3, 0.4) is 0 Å². The first-order valence-corrected chi connectivity index (χ1v) is 10.2. The summed E-state index contributed by atoms with van der Waals surface area (Å²) in [7, 11) is 0. The molecular weight excluding hydrogens is 376 g/mol. The van der Waals surface area contributed by atoms with Crippen molar-refractivity contribution in [2.24, 2.45) is 0 Å². The lowest BCUT2D eigenvalue weighted by Gasteiger charge is -2.34. The zero-order chi connectivity index (χ0) is 19.9. The fourth-order valence-electron chi connectivity index (χ4n) is 2.89. The zero-order valence-corrected chi connectivity index (χ0v) is 16.9. The second-order valence-electron chi connectivity index (χ2n) is 6.63. The molecule has 0 unspecified atom stereocenters. The smallest absolute Gasteiger partial charge is 0.316 e. The second kappa shape index (κ2) is 9.54. The van der Waals surface area contributed by atoms with E-state index >= 15 is 0 Å². The molecule has 3 rings (SSSR count). The molecule has 28 heavy (non-hydrogen) atoms. The standard InChI is InChI=1S/C20H24N4O3S/c1-15-4-5-16(2)17(12-15)28-14-19(26)27-13-18(25)23-8-10-24(11-9-23)20-21-6-3-7-22-20/h3-7,12H,8-11,13-14H2,1-2H3. The Kier molecular flexibility index (Phi) is 6.86. The lowest BCUT2D eigenvalue weighted by Crippen LogP contribution is -2.50. The number of amides is 1. The normalized spacial score (nSPS) is 14.1. The van der Waals surface area contributed by atoms with E-state index in [2.05, 4.69) is 9.97 Å². The first kappa shape index (κ1) is 20.1. The number of aryl methyl sites for hydroxylation is 2. The van der Waals surface area contributed by atoms with Crippen LogP contribution in [-0.4, -0.2) is 65.3 Å². The van der Waals surface area contributed by atoms with Crippen LogP contribution in [0.4, 0.5) is 5.95 Å². The minimum Gasteiger partial charge on any atom is -0.455 e. The molecule has 0 spiro atoms. The van der Waals surface area contributed by atoms with Gasteiger partial charge < -0.3 is 14.5 Å². The van der Waals surface area contributed by atoms with Gasteiger partial charge in [0.1, 0.15) is 0 Å². The van der Waals surface area contributed by atoms with Crippen LogP contribution in [0.15, 0.2) is 41.6 Å². The summed E-state index contributed by atoms with van der Waals surface area (Å²) in [5.74, 6) is 0.315. The van der Waals surface area contributed by atoms with Crippen molar-refractivity contribution in [3.63, 3.8) is 0 Å². The highest BCUT2D eigenvalue weighted by Gasteiger charge is 2.23. The molecule has 2 aromatic rings. The number of rotatable bonds is 6. The molecule has 1 fully saturated rings. The molecule has 7 nitrogen and oxygen atoms in total. The van der Waals surface area contributed by atoms with Crippen LogP contribution >= 0.6 is 11.8 Å². The number of hydrogen-bond donors (Lipinski definition) is 0. The maximum atomic E-state index is 12.3. The van der Waals surface area contributed by atoms with Crippen molar-refractivity contribution >= 4 is 29.6 Å². The third kappa shape index (κ3) is 5.45. The molecule has 1 aliphatic heterocycles. The topological polar surface area (TPSA) is 75.6 Å². The number of anilines is 1. The van der Waals surface area contributed by atoms with Crippen LogP contribution in [0, 0.1) is 13.8 Å². The molecule has 0 atom stereocenters. The van der Waals surface area contributed by atoms with E-state index < -0.39 is 0 Å². The van der Waals surface area contributed by atoms with E-state index in [4.69, 9.17) is 4.74 Å². The second-order valence-corrected chi connectivity index (χ2v) is 7.65. The number of piperazine rings is 1. The quantitative estimate of drug-likeness (QED) is 0.543. The summed E-state index contributed by atoms with van der Waals surface area (Å²) < 4.78 is 5.17. The van der Waals surface area contributed by atoms with E-state index in [9.17, 15) is 9.59 Å². The number of hydrogen-bond acceptors (Lipinski definition) is 7. The van der Waals surface area contributed by atoms with Crippen molar-refractivity contribution in [2.75, 3.05) is 43.4 Å². The molecule has 1 aromatic carbocycles. The number of benzene rings is 1. The summed E-state index contributed by atoms with van der Waals surface area (Å²) in [6.45, 7) is 6.26. The van der Waals surface area contributed by atoms with Crippen LogP contribution in [0.2, 0.25) is 0 Å². The number of ether oxygens (including phenoxy) is 1. The SMILES string of the molecule is Cc1ccc(C)c(SCC(=O)OCC(=O)N2CCN(c3ncccn3)CC2)c1. The first-order valence-electron chi connectivity index (χ1n) is 9.18. The molecular formula is C20H24N4O3S. The van der Waals surface area contributed by atoms with E-state index in [0.29, 0.717) is 32.1 Å². The van der Waals surface area contributed by atoms with Gasteiger partial charge >= 0.3 is 5.97 Å². The molecule has 2 heterocycles. The van der Waals surface area contributed by atoms with Gasteiger partial charge in [-0.1, -0.05) is 17.7 Å². The summed E-state index contributed by atoms with van der Waals surface area (Å²) in [5.41, 5.74) is 2.27. The van der Waals surface area contributed by atoms with Gasteiger partial charge in [-0.3, -0.25) is 9.59 Å². The minimum atomic E-state index is -0.379. The molecule has 0 aliphatic carbocycles. The van der Waals surface area contributed by atoms with Crippen LogP contribution in [0.25, 0.3) is 0 Å². The summed E-state index contributed by atoms with van der Waals surface area (Å²) >= 11 is 1.43. The van der Waals surface area contributed by atoms with Gasteiger partial charge in [0.25, 0.3) is 5.91 Å². The van der Waals surface area contributed by atoms with Crippen molar-refractivity contribution in [2.45, 2.75) is 18.7 Å². The van der Waals surface area contributed by atoms with Crippen molar-refractivity contribution in [1.29, 1.82) is 0 Å². The van der Waals surface area contributed by atoms with E-state index in [-0.39, 0.29) is 24.2 Å². The highest BCUT2D eigenvalue weighted by molar-refractivity contribution is 8.00. The van der Waals surface area contributed by atoms with E-state index in [1.165, 1.54) is 11.8 Å². The number of esters is 1. The van der Waals surface area contributed by atoms with Gasteiger partial charge in [-0.15, -0.1) is 11.8 Å². The Hall–Kier alpha value is -2.61. The zero-order valence-electron chi connectivity index (χ0n) is 16.1. The van der Waals surface area contributed by atoms with E-state index in [0.717, 1.165) is 16.0 Å². The van der Waals surface area contributed by atoms with Gasteiger partial charge in [0.15, 0.2) is 6.61 Å². The molecule has 0 N–H and O–H groups in total. The molecule has 1 aliphatic rings. The van der Waals surface area contributed by atoms with E-state index in [1.54, 1.807) is 23.4 Å². The van der Waals surface area contributed by atoms with Gasteiger partial charge in [-0.25, -0.2) is 9.97 Å². The average molecular weight is 401 g/mol. The third-order valence-electron chi connectivity index (χ3n) is 4.51. The highest BCUT2D eigenvalue weighted by Crippen LogP contribution is 2.23. The van der Waals surface area contributed by atoms with Crippen LogP contribution in [0.1, 0.15) is 11.1 Å². The van der Waals surface area contributed by atoms with Gasteiger partial charge in [-0.05, 0) is 31.5 Å². The molecule has 0 bridgehead atoms. The molecule has 1 amide bonds. The van der Waals surface area contributed by atoms with Crippen molar-refractivity contribution in [3.05, 3.63) is 47.8 Å². The third-order valence-corrected chi connectivity index (χ3v) is 5.64. The average Bonchev–Trinajstić information content (AvgIpc) is 2.73. The van der Waals surface area contributed by atoms with E-state index in [1.807, 2.05) is 36.9 Å². The molecule has 148 valence electrons. The number of carbonyl (C=O) groups is 2. The van der Waals surface area contributed by atoms with Gasteiger partial charge in [0.2, 0.25) is 5.95 Å². The maximum Gasteiger partial charge on any atom is 0.316 e. The van der Waals surface area contributed by atoms with Crippen LogP contribution < -0.4 is 4.90 Å². The number of nitrogens with zero attached hydrogens (tertiary/aromatic N) is 4. The largest absolute Gasteiger partial charge is 0.455 e. The Morgan fingerprint density at radius 3 is 2.54 bits per heavy atom. The molecule has 8 heteroatoms. The fourth-order valence-corrected chi connectivity index (χ4v) is 3.81. The minimum absolute atomic E-state index is 0.168. The number of carbonyl (C=O) groups excluding carboxylic acids is 2. The number of aromatic nitrogens is 2. The van der Waals surface area contributed by atoms with Crippen LogP contribution in [-0.2, 0) is 14.3 Å². The molecule has 0 radical (unpaired) electrons. The molecule has 1 saturated heterocycles. The molecule has 0 saturated carbocycles. The Balaban J connectivity index is 1.39. The van der Waals surface area contributed by atoms with Gasteiger partial charge in [-0.2, -0.15) is 0 Å². The summed E-state index contributed by atoms with van der Waals surface area (Å²) in [5, 5.41) is 0. The lowest BCUT2D eigenvalue weighted by atomic mass is 10.2. The highest BCUT2D eigenvalue weighted by atomic mass is 32.2. The number of thioether (sulfide) groups is 1. The Bertz CT molecular complexity index is 823. The van der Waals surface area contributed by atoms with Crippen molar-refractivity contribution in [3.8, 4) is 0 Å².